The van der Waals surface area contributed by atoms with Crippen molar-refractivity contribution in [3.8, 4) is 0 Å². The molecule has 1 N–H and O–H groups in total. The van der Waals surface area contributed by atoms with Crippen LogP contribution in [0.2, 0.25) is 0 Å². The summed E-state index contributed by atoms with van der Waals surface area (Å²) in [6, 6.07) is 18.9. The number of unbranched alkanes of at least 4 members (excludes halogenated alkanes) is 3. The van der Waals surface area contributed by atoms with Gasteiger partial charge in [-0.2, -0.15) is 0 Å². The Kier molecular flexibility index (Phi) is 8.88. The molecular formula is C37H48N4O2. The van der Waals surface area contributed by atoms with Crippen LogP contribution < -0.4 is 5.56 Å². The third-order valence-electron chi connectivity index (χ3n) is 10.3. The van der Waals surface area contributed by atoms with Crippen LogP contribution in [0.1, 0.15) is 68.7 Å². The average Bonchev–Trinajstić information content (AvgIpc) is 2.98. The standard InChI is InChI=1S/C37H48N4O2/c1-27-22-30-23-34-33(17-18-35(42)38-34)37(24-27)32(30)16-11-21-41(37)36(43)26-40(3)20-9-5-4-8-19-39(2)25-29-14-10-13-28-12-6-7-15-31(28)29/h6-7,10,12-15,17-18,22,30,32H,4-5,8-9,11,16,19-21,23-26H2,1-3H3,(H,38,42)/t30-,32+,37+/m0/s1. The molecule has 3 aromatic rings. The van der Waals surface area contributed by atoms with E-state index in [0.717, 1.165) is 64.0 Å². The Balaban J connectivity index is 0.990. The maximum atomic E-state index is 14.0. The van der Waals surface area contributed by atoms with E-state index < -0.39 is 0 Å². The van der Waals surface area contributed by atoms with Crippen LogP contribution in [0.4, 0.5) is 0 Å². The van der Waals surface area contributed by atoms with Crippen molar-refractivity contribution < 1.29 is 4.79 Å². The number of fused-ring (bicyclic) bond motifs is 2. The van der Waals surface area contributed by atoms with Crippen LogP contribution in [-0.4, -0.2) is 65.9 Å². The van der Waals surface area contributed by atoms with Crippen molar-refractivity contribution >= 4 is 16.7 Å². The third kappa shape index (κ3) is 6.09. The number of hydrogen-bond acceptors (Lipinski definition) is 4. The normalized spacial score (nSPS) is 22.9. The maximum Gasteiger partial charge on any atom is 0.248 e. The molecule has 3 atom stereocenters. The van der Waals surface area contributed by atoms with Crippen LogP contribution in [0.15, 0.2) is 71.0 Å². The predicted molar refractivity (Wildman–Crippen MR) is 175 cm³/mol. The Morgan fingerprint density at radius 3 is 2.58 bits per heavy atom. The number of H-pyrrole nitrogens is 1. The Labute approximate surface area is 256 Å². The molecule has 1 aliphatic heterocycles. The zero-order chi connectivity index (χ0) is 30.0. The van der Waals surface area contributed by atoms with Crippen LogP contribution >= 0.6 is 0 Å². The van der Waals surface area contributed by atoms with Gasteiger partial charge in [-0.05, 0) is 112 Å². The highest BCUT2D eigenvalue weighted by Gasteiger charge is 2.56. The molecule has 2 bridgehead atoms. The lowest BCUT2D eigenvalue weighted by molar-refractivity contribution is -0.149. The van der Waals surface area contributed by atoms with E-state index in [4.69, 9.17) is 0 Å². The number of amides is 1. The number of aromatic nitrogens is 1. The zero-order valence-corrected chi connectivity index (χ0v) is 26.3. The molecule has 228 valence electrons. The molecule has 1 amide bonds. The first-order valence-corrected chi connectivity index (χ1v) is 16.4. The quantitative estimate of drug-likeness (QED) is 0.220. The highest BCUT2D eigenvalue weighted by Crippen LogP contribution is 2.56. The Morgan fingerprint density at radius 2 is 1.74 bits per heavy atom. The first kappa shape index (κ1) is 29.8. The van der Waals surface area contributed by atoms with Gasteiger partial charge in [-0.3, -0.25) is 14.5 Å². The number of likely N-dealkylation sites (tertiary alicyclic amines) is 1. The van der Waals surface area contributed by atoms with Crippen molar-refractivity contribution in [3.63, 3.8) is 0 Å². The summed E-state index contributed by atoms with van der Waals surface area (Å²) < 4.78 is 0. The molecule has 2 aromatic carbocycles. The van der Waals surface area contributed by atoms with Crippen molar-refractivity contribution in [3.05, 3.63) is 93.4 Å². The number of pyridine rings is 1. The maximum absolute atomic E-state index is 14.0. The van der Waals surface area contributed by atoms with Crippen LogP contribution in [0.25, 0.3) is 10.8 Å². The van der Waals surface area contributed by atoms with E-state index in [9.17, 15) is 9.59 Å². The molecule has 0 unspecified atom stereocenters. The minimum atomic E-state index is -0.324. The average molecular weight is 581 g/mol. The van der Waals surface area contributed by atoms with Gasteiger partial charge in [-0.25, -0.2) is 0 Å². The second-order valence-corrected chi connectivity index (χ2v) is 13.5. The lowest BCUT2D eigenvalue weighted by Gasteiger charge is -2.59. The van der Waals surface area contributed by atoms with E-state index in [1.807, 2.05) is 6.07 Å². The highest BCUT2D eigenvalue weighted by atomic mass is 16.2. The SMILES string of the molecule is CC1=C[C@H]2Cc3[nH]c(=O)ccc3[C@@]3(C1)[C@@H]2CCCN3C(=O)CN(C)CCCCCCN(C)Cc1cccc2ccccc12. The second kappa shape index (κ2) is 12.8. The third-order valence-corrected chi connectivity index (χ3v) is 10.3. The van der Waals surface area contributed by atoms with Crippen LogP contribution in [0.5, 0.6) is 0 Å². The predicted octanol–water partition coefficient (Wildman–Crippen LogP) is 6.11. The number of likely N-dealkylation sites (N-methyl/N-ethyl adjacent to an activating group) is 1. The minimum Gasteiger partial charge on any atom is -0.331 e. The molecular weight excluding hydrogens is 532 g/mol. The smallest absolute Gasteiger partial charge is 0.248 e. The van der Waals surface area contributed by atoms with Crippen molar-refractivity contribution in [2.75, 3.05) is 40.3 Å². The van der Waals surface area contributed by atoms with E-state index >= 15 is 0 Å². The van der Waals surface area contributed by atoms with Gasteiger partial charge in [0, 0.05) is 24.8 Å². The van der Waals surface area contributed by atoms with Gasteiger partial charge < -0.3 is 14.8 Å². The summed E-state index contributed by atoms with van der Waals surface area (Å²) in [6.45, 7) is 6.47. The van der Waals surface area contributed by atoms with E-state index in [-0.39, 0.29) is 17.0 Å². The largest absolute Gasteiger partial charge is 0.331 e. The van der Waals surface area contributed by atoms with Crippen molar-refractivity contribution in [1.29, 1.82) is 0 Å². The molecule has 43 heavy (non-hydrogen) atoms. The van der Waals surface area contributed by atoms with Crippen LogP contribution in [0, 0.1) is 11.8 Å². The van der Waals surface area contributed by atoms with Crippen molar-refractivity contribution in [1.82, 2.24) is 19.7 Å². The number of carbonyl (C=O) groups excluding carboxylic acids is 1. The summed E-state index contributed by atoms with van der Waals surface area (Å²) in [5, 5.41) is 2.66. The summed E-state index contributed by atoms with van der Waals surface area (Å²) in [5.74, 6) is 1.05. The molecule has 6 rings (SSSR count). The number of hydrogen-bond donors (Lipinski definition) is 1. The van der Waals surface area contributed by atoms with E-state index in [1.54, 1.807) is 6.07 Å². The fraction of sp³-hybridized carbons (Fsp3) is 0.514. The van der Waals surface area contributed by atoms with Crippen LogP contribution in [-0.2, 0) is 23.3 Å². The van der Waals surface area contributed by atoms with E-state index in [1.165, 1.54) is 46.7 Å². The fourth-order valence-electron chi connectivity index (χ4n) is 8.49. The highest BCUT2D eigenvalue weighted by molar-refractivity contribution is 5.85. The monoisotopic (exact) mass is 580 g/mol. The van der Waals surface area contributed by atoms with Gasteiger partial charge in [0.25, 0.3) is 0 Å². The molecule has 0 saturated carbocycles. The summed E-state index contributed by atoms with van der Waals surface area (Å²) in [7, 11) is 4.32. The zero-order valence-electron chi connectivity index (χ0n) is 26.3. The number of benzene rings is 2. The van der Waals surface area contributed by atoms with Gasteiger partial charge in [0.05, 0.1) is 12.1 Å². The lowest BCUT2D eigenvalue weighted by atomic mass is 9.56. The molecule has 2 aliphatic carbocycles. The van der Waals surface area contributed by atoms with E-state index in [0.29, 0.717) is 18.4 Å². The van der Waals surface area contributed by atoms with Crippen molar-refractivity contribution in [2.45, 2.75) is 70.4 Å². The molecule has 6 nitrogen and oxygen atoms in total. The first-order valence-electron chi connectivity index (χ1n) is 16.4. The number of allylic oxidation sites excluding steroid dienone is 1. The fourth-order valence-corrected chi connectivity index (χ4v) is 8.49. The molecule has 1 saturated heterocycles. The molecule has 2 heterocycles. The number of rotatable bonds is 11. The van der Waals surface area contributed by atoms with Crippen LogP contribution in [0.3, 0.4) is 0 Å². The Morgan fingerprint density at radius 1 is 0.977 bits per heavy atom. The number of nitrogens with one attached hydrogen (secondary N) is 1. The first-order chi connectivity index (χ1) is 20.8. The van der Waals surface area contributed by atoms with Gasteiger partial charge in [0.15, 0.2) is 0 Å². The van der Waals surface area contributed by atoms with Gasteiger partial charge in [0.2, 0.25) is 11.5 Å². The molecule has 1 fully saturated rings. The minimum absolute atomic E-state index is 0.0442. The van der Waals surface area contributed by atoms with E-state index in [2.05, 4.69) is 89.2 Å². The Hall–Kier alpha value is -3.22. The van der Waals surface area contributed by atoms with Gasteiger partial charge in [-0.1, -0.05) is 67.0 Å². The molecule has 0 spiro atoms. The van der Waals surface area contributed by atoms with Crippen molar-refractivity contribution in [2.24, 2.45) is 11.8 Å². The summed E-state index contributed by atoms with van der Waals surface area (Å²) in [6.07, 6.45) is 11.0. The molecule has 1 aromatic heterocycles. The topological polar surface area (TPSA) is 59.7 Å². The Bertz CT molecular complexity index is 1540. The summed E-state index contributed by atoms with van der Waals surface area (Å²) >= 11 is 0. The van der Waals surface area contributed by atoms with Gasteiger partial charge in [-0.15, -0.1) is 0 Å². The van der Waals surface area contributed by atoms with Gasteiger partial charge in [0.1, 0.15) is 0 Å². The molecule has 6 heteroatoms. The summed E-state index contributed by atoms with van der Waals surface area (Å²) in [5.41, 5.74) is 4.61. The number of carbonyl (C=O) groups is 1. The number of piperidine rings is 1. The number of nitrogens with zero attached hydrogens (tertiary/aromatic N) is 3. The lowest BCUT2D eigenvalue weighted by Crippen LogP contribution is -2.63. The van der Waals surface area contributed by atoms with Gasteiger partial charge >= 0.3 is 0 Å². The molecule has 3 aliphatic rings. The summed E-state index contributed by atoms with van der Waals surface area (Å²) in [4.78, 5) is 36.2. The second-order valence-electron chi connectivity index (χ2n) is 13.5. The molecule has 0 radical (unpaired) electrons. The number of aromatic amines is 1.